The molecule has 4 fully saturated rings. The van der Waals surface area contributed by atoms with Crippen molar-refractivity contribution < 1.29 is 4.79 Å². The number of hydrogen-bond acceptors (Lipinski definition) is 2. The fraction of sp³-hybridized carbons (Fsp3) is 0.800. The molecule has 132 valence electrons. The zero-order valence-electron chi connectivity index (χ0n) is 15.3. The molecule has 24 heavy (non-hydrogen) atoms. The van der Waals surface area contributed by atoms with Crippen molar-refractivity contribution in [2.24, 2.45) is 23.2 Å². The number of hydrogen-bond donors (Lipinski definition) is 1. The van der Waals surface area contributed by atoms with Crippen LogP contribution in [0, 0.1) is 30.1 Å². The van der Waals surface area contributed by atoms with Crippen LogP contribution in [0.3, 0.4) is 0 Å². The first-order valence-electron chi connectivity index (χ1n) is 9.81. The topological polar surface area (TPSA) is 46.9 Å². The number of amides is 1. The molecule has 0 radical (unpaired) electrons. The van der Waals surface area contributed by atoms with Crippen molar-refractivity contribution in [3.63, 3.8) is 0 Å². The first-order valence-corrected chi connectivity index (χ1v) is 9.81. The van der Waals surface area contributed by atoms with Crippen LogP contribution in [0.25, 0.3) is 0 Å². The lowest BCUT2D eigenvalue weighted by molar-refractivity contribution is -0.129. The van der Waals surface area contributed by atoms with Crippen molar-refractivity contribution in [3.05, 3.63) is 18.0 Å². The van der Waals surface area contributed by atoms with E-state index in [9.17, 15) is 4.79 Å². The Morgan fingerprint density at radius 1 is 1.29 bits per heavy atom. The van der Waals surface area contributed by atoms with Crippen LogP contribution in [0.4, 0.5) is 0 Å². The molecule has 4 aliphatic rings. The van der Waals surface area contributed by atoms with Gasteiger partial charge in [-0.25, -0.2) is 0 Å². The molecule has 1 heterocycles. The number of aromatic nitrogens is 2. The number of nitrogens with one attached hydrogen (secondary N) is 1. The predicted molar refractivity (Wildman–Crippen MR) is 94.5 cm³/mol. The van der Waals surface area contributed by atoms with Gasteiger partial charge in [0.25, 0.3) is 0 Å². The Bertz CT molecular complexity index is 585. The van der Waals surface area contributed by atoms with Crippen molar-refractivity contribution in [1.82, 2.24) is 15.1 Å². The Morgan fingerprint density at radius 2 is 1.88 bits per heavy atom. The summed E-state index contributed by atoms with van der Waals surface area (Å²) >= 11 is 0. The van der Waals surface area contributed by atoms with Gasteiger partial charge in [0.15, 0.2) is 0 Å². The van der Waals surface area contributed by atoms with Gasteiger partial charge >= 0.3 is 0 Å². The molecule has 0 aromatic carbocycles. The number of carbonyl (C=O) groups excluding carboxylic acids is 1. The van der Waals surface area contributed by atoms with E-state index in [0.717, 1.165) is 29.9 Å². The van der Waals surface area contributed by atoms with Crippen LogP contribution in [0.5, 0.6) is 0 Å². The summed E-state index contributed by atoms with van der Waals surface area (Å²) in [6.45, 7) is 6.21. The van der Waals surface area contributed by atoms with Gasteiger partial charge < -0.3 is 5.32 Å². The van der Waals surface area contributed by atoms with E-state index >= 15 is 0 Å². The van der Waals surface area contributed by atoms with Crippen LogP contribution in [-0.2, 0) is 4.79 Å². The minimum atomic E-state index is -0.233. The van der Waals surface area contributed by atoms with Crippen LogP contribution in [0.15, 0.2) is 12.3 Å². The summed E-state index contributed by atoms with van der Waals surface area (Å²) in [5, 5.41) is 7.76. The number of nitrogens with zero attached hydrogens (tertiary/aromatic N) is 2. The quantitative estimate of drug-likeness (QED) is 0.891. The number of carbonyl (C=O) groups is 1. The molecule has 0 spiro atoms. The highest BCUT2D eigenvalue weighted by atomic mass is 16.2. The molecule has 1 amide bonds. The average Bonchev–Trinajstić information content (AvgIpc) is 2.96. The van der Waals surface area contributed by atoms with E-state index < -0.39 is 0 Å². The summed E-state index contributed by atoms with van der Waals surface area (Å²) < 4.78 is 1.84. The van der Waals surface area contributed by atoms with E-state index in [1.165, 1.54) is 38.5 Å². The number of aryl methyl sites for hydroxylation is 1. The highest BCUT2D eigenvalue weighted by molar-refractivity contribution is 5.80. The van der Waals surface area contributed by atoms with E-state index in [1.54, 1.807) is 6.20 Å². The second-order valence-corrected chi connectivity index (χ2v) is 8.84. The lowest BCUT2D eigenvalue weighted by atomic mass is 9.47. The van der Waals surface area contributed by atoms with E-state index in [4.69, 9.17) is 0 Å². The van der Waals surface area contributed by atoms with Crippen LogP contribution >= 0.6 is 0 Å². The van der Waals surface area contributed by atoms with Crippen molar-refractivity contribution in [1.29, 1.82) is 0 Å². The molecule has 4 bridgehead atoms. The van der Waals surface area contributed by atoms with Gasteiger partial charge in [-0.15, -0.1) is 0 Å². The van der Waals surface area contributed by atoms with E-state index in [0.29, 0.717) is 11.5 Å². The van der Waals surface area contributed by atoms with Gasteiger partial charge in [-0.3, -0.25) is 9.48 Å². The van der Waals surface area contributed by atoms with Crippen LogP contribution in [-0.4, -0.2) is 21.7 Å². The number of rotatable bonds is 5. The largest absolute Gasteiger partial charge is 0.351 e. The highest BCUT2D eigenvalue weighted by Crippen LogP contribution is 2.61. The normalized spacial score (nSPS) is 36.5. The minimum Gasteiger partial charge on any atom is -0.351 e. The van der Waals surface area contributed by atoms with E-state index in [2.05, 4.69) is 17.3 Å². The summed E-state index contributed by atoms with van der Waals surface area (Å²) in [5.74, 6) is 2.90. The third-order valence-electron chi connectivity index (χ3n) is 7.16. The first kappa shape index (κ1) is 16.2. The Balaban J connectivity index is 1.50. The Hall–Kier alpha value is -1.32. The third-order valence-corrected chi connectivity index (χ3v) is 7.16. The molecule has 2 unspecified atom stereocenters. The molecule has 1 aromatic heterocycles. The first-order chi connectivity index (χ1) is 11.5. The molecule has 0 aliphatic heterocycles. The zero-order valence-corrected chi connectivity index (χ0v) is 15.3. The second kappa shape index (κ2) is 5.89. The zero-order chi connectivity index (χ0) is 16.9. The van der Waals surface area contributed by atoms with Crippen LogP contribution < -0.4 is 5.32 Å². The Morgan fingerprint density at radius 3 is 2.33 bits per heavy atom. The molecule has 0 saturated heterocycles. The second-order valence-electron chi connectivity index (χ2n) is 8.84. The van der Waals surface area contributed by atoms with Crippen molar-refractivity contribution in [2.45, 2.75) is 77.8 Å². The fourth-order valence-corrected chi connectivity index (χ4v) is 6.48. The van der Waals surface area contributed by atoms with Crippen molar-refractivity contribution >= 4 is 5.91 Å². The summed E-state index contributed by atoms with van der Waals surface area (Å²) in [6, 6.07) is 2.06. The molecular weight excluding hydrogens is 298 g/mol. The molecule has 2 atom stereocenters. The van der Waals surface area contributed by atoms with Crippen molar-refractivity contribution in [3.8, 4) is 0 Å². The average molecular weight is 329 g/mol. The fourth-order valence-electron chi connectivity index (χ4n) is 6.48. The molecule has 1 aromatic rings. The van der Waals surface area contributed by atoms with Gasteiger partial charge in [-0.2, -0.15) is 5.10 Å². The molecule has 4 aliphatic carbocycles. The Labute approximate surface area is 145 Å². The molecule has 1 N–H and O–H groups in total. The van der Waals surface area contributed by atoms with Gasteiger partial charge in [-0.05, 0) is 88.0 Å². The smallest absolute Gasteiger partial charge is 0.244 e. The van der Waals surface area contributed by atoms with E-state index in [-0.39, 0.29) is 11.9 Å². The molecule has 5 rings (SSSR count). The standard InChI is InChI=1S/C20H31N3O/c1-4-18(22-19(24)14(3)23-13(2)5-6-21-23)20-10-15-7-16(11-20)9-17(8-15)12-20/h5-6,14-18H,4,7-12H2,1-3H3,(H,22,24). The van der Waals surface area contributed by atoms with Crippen LogP contribution in [0.1, 0.15) is 70.5 Å². The lowest BCUT2D eigenvalue weighted by Gasteiger charge is -2.59. The summed E-state index contributed by atoms with van der Waals surface area (Å²) in [6.07, 6.45) is 11.2. The molecular formula is C20H31N3O. The molecule has 4 saturated carbocycles. The van der Waals surface area contributed by atoms with Crippen LogP contribution in [0.2, 0.25) is 0 Å². The van der Waals surface area contributed by atoms with Gasteiger partial charge in [0.05, 0.1) is 0 Å². The third kappa shape index (κ3) is 2.58. The summed E-state index contributed by atoms with van der Waals surface area (Å²) in [7, 11) is 0. The maximum atomic E-state index is 12.9. The maximum absolute atomic E-state index is 12.9. The van der Waals surface area contributed by atoms with Gasteiger partial charge in [0.1, 0.15) is 6.04 Å². The highest BCUT2D eigenvalue weighted by Gasteiger charge is 2.54. The minimum absolute atomic E-state index is 0.129. The summed E-state index contributed by atoms with van der Waals surface area (Å²) in [5.41, 5.74) is 1.42. The monoisotopic (exact) mass is 329 g/mol. The van der Waals surface area contributed by atoms with Gasteiger partial charge in [-0.1, -0.05) is 6.92 Å². The van der Waals surface area contributed by atoms with Gasteiger partial charge in [0.2, 0.25) is 5.91 Å². The SMILES string of the molecule is CCC(NC(=O)C(C)n1nccc1C)C12CC3CC(CC(C3)C1)C2. The lowest BCUT2D eigenvalue weighted by Crippen LogP contribution is -2.57. The van der Waals surface area contributed by atoms with Gasteiger partial charge in [0, 0.05) is 17.9 Å². The molecule has 4 nitrogen and oxygen atoms in total. The molecule has 4 heteroatoms. The Kier molecular flexibility index (Phi) is 3.97. The maximum Gasteiger partial charge on any atom is 0.244 e. The predicted octanol–water partition coefficient (Wildman–Crippen LogP) is 3.86. The van der Waals surface area contributed by atoms with E-state index in [1.807, 2.05) is 24.6 Å². The summed E-state index contributed by atoms with van der Waals surface area (Å²) in [4.78, 5) is 12.9. The van der Waals surface area contributed by atoms with Crippen molar-refractivity contribution in [2.75, 3.05) is 0 Å².